The van der Waals surface area contributed by atoms with E-state index in [0.717, 1.165) is 26.2 Å². The number of methoxy groups -OCH3 is 1. The Morgan fingerprint density at radius 3 is 2.31 bits per heavy atom. The van der Waals surface area contributed by atoms with Gasteiger partial charge in [0.05, 0.1) is 7.11 Å². The third-order valence-corrected chi connectivity index (χ3v) is 6.01. The molecule has 0 atom stereocenters. The summed E-state index contributed by atoms with van der Waals surface area (Å²) in [5, 5.41) is 5.31. The lowest BCUT2D eigenvalue weighted by Crippen LogP contribution is -2.13. The van der Waals surface area contributed by atoms with E-state index in [2.05, 4.69) is 21.2 Å². The largest absolute Gasteiger partial charge is 0.493 e. The van der Waals surface area contributed by atoms with Gasteiger partial charge in [-0.05, 0) is 41.5 Å². The van der Waals surface area contributed by atoms with Crippen LogP contribution in [0.3, 0.4) is 0 Å². The molecule has 3 rings (SSSR count). The van der Waals surface area contributed by atoms with Crippen molar-refractivity contribution >= 4 is 50.7 Å². The second-order valence-corrected chi connectivity index (χ2v) is 8.42. The first-order valence-corrected chi connectivity index (χ1v) is 10.8. The summed E-state index contributed by atoms with van der Waals surface area (Å²) >= 11 is 22.0. The number of benzene rings is 3. The first kappa shape index (κ1) is 22.3. The normalized spacial score (nSPS) is 10.8. The molecule has 0 aliphatic rings. The molecular formula is C22H19BrCl3NO2. The van der Waals surface area contributed by atoms with E-state index in [4.69, 9.17) is 44.3 Å². The van der Waals surface area contributed by atoms with Crippen LogP contribution in [0.5, 0.6) is 11.5 Å². The topological polar surface area (TPSA) is 30.5 Å². The van der Waals surface area contributed by atoms with Crippen LogP contribution in [0.15, 0.2) is 59.1 Å². The average Bonchev–Trinajstić information content (AvgIpc) is 2.70. The van der Waals surface area contributed by atoms with E-state index in [9.17, 15) is 0 Å². The van der Waals surface area contributed by atoms with Crippen molar-refractivity contribution in [2.24, 2.45) is 0 Å². The van der Waals surface area contributed by atoms with Crippen LogP contribution >= 0.6 is 50.7 Å². The Kier molecular flexibility index (Phi) is 8.10. The molecule has 0 unspecified atom stereocenters. The lowest BCUT2D eigenvalue weighted by Gasteiger charge is -2.15. The van der Waals surface area contributed by atoms with Gasteiger partial charge < -0.3 is 14.8 Å². The highest BCUT2D eigenvalue weighted by molar-refractivity contribution is 9.10. The fraction of sp³-hybridized carbons (Fsp3) is 0.182. The van der Waals surface area contributed by atoms with Crippen molar-refractivity contribution in [2.75, 3.05) is 7.11 Å². The second kappa shape index (κ2) is 10.6. The van der Waals surface area contributed by atoms with Gasteiger partial charge >= 0.3 is 0 Å². The van der Waals surface area contributed by atoms with Crippen LogP contribution < -0.4 is 14.8 Å². The number of nitrogens with one attached hydrogen (secondary N) is 1. The highest BCUT2D eigenvalue weighted by Crippen LogP contribution is 2.34. The van der Waals surface area contributed by atoms with Crippen LogP contribution in [0.25, 0.3) is 0 Å². The fourth-order valence-electron chi connectivity index (χ4n) is 2.75. The van der Waals surface area contributed by atoms with Crippen LogP contribution in [0.1, 0.15) is 16.7 Å². The first-order chi connectivity index (χ1) is 14.0. The van der Waals surface area contributed by atoms with Crippen molar-refractivity contribution < 1.29 is 9.47 Å². The third kappa shape index (κ3) is 6.03. The van der Waals surface area contributed by atoms with Crippen LogP contribution in [-0.4, -0.2) is 7.11 Å². The fourth-order valence-corrected chi connectivity index (χ4v) is 3.88. The standard InChI is InChI=1S/C22H19BrCl3NO2/c1-28-21-8-16(12-27-11-14-4-2-3-5-19(14)25)18(23)10-22(21)29-13-15-6-7-17(24)9-20(15)26/h2-10,27H,11-13H2,1H3. The van der Waals surface area contributed by atoms with E-state index in [1.54, 1.807) is 19.2 Å². The highest BCUT2D eigenvalue weighted by atomic mass is 79.9. The van der Waals surface area contributed by atoms with Crippen molar-refractivity contribution in [3.8, 4) is 11.5 Å². The zero-order valence-electron chi connectivity index (χ0n) is 15.6. The number of hydrogen-bond acceptors (Lipinski definition) is 3. The number of rotatable bonds is 8. The Morgan fingerprint density at radius 2 is 1.59 bits per heavy atom. The van der Waals surface area contributed by atoms with E-state index in [0.29, 0.717) is 41.2 Å². The van der Waals surface area contributed by atoms with E-state index >= 15 is 0 Å². The van der Waals surface area contributed by atoms with Gasteiger partial charge in [-0.15, -0.1) is 0 Å². The Balaban J connectivity index is 1.67. The molecule has 3 aromatic carbocycles. The summed E-state index contributed by atoms with van der Waals surface area (Å²) in [5.74, 6) is 1.27. The van der Waals surface area contributed by atoms with Gasteiger partial charge in [0.1, 0.15) is 6.61 Å². The second-order valence-electron chi connectivity index (χ2n) is 6.31. The molecule has 0 amide bonds. The van der Waals surface area contributed by atoms with E-state index in [1.165, 1.54) is 0 Å². The van der Waals surface area contributed by atoms with Gasteiger partial charge in [-0.2, -0.15) is 0 Å². The van der Waals surface area contributed by atoms with E-state index in [-0.39, 0.29) is 0 Å². The van der Waals surface area contributed by atoms with Crippen LogP contribution in [0.2, 0.25) is 15.1 Å². The summed E-state index contributed by atoms with van der Waals surface area (Å²) in [5.41, 5.74) is 2.95. The number of hydrogen-bond donors (Lipinski definition) is 1. The summed E-state index contributed by atoms with van der Waals surface area (Å²) in [6.45, 7) is 1.62. The molecule has 29 heavy (non-hydrogen) atoms. The predicted molar refractivity (Wildman–Crippen MR) is 123 cm³/mol. The Labute approximate surface area is 194 Å². The minimum atomic E-state index is 0.308. The average molecular weight is 516 g/mol. The quantitative estimate of drug-likeness (QED) is 0.342. The number of halogens is 4. The minimum Gasteiger partial charge on any atom is -0.493 e. The van der Waals surface area contributed by atoms with Gasteiger partial charge in [0.25, 0.3) is 0 Å². The predicted octanol–water partition coefficient (Wildman–Crippen LogP) is 7.29. The molecule has 0 saturated carbocycles. The van der Waals surface area contributed by atoms with Crippen LogP contribution in [-0.2, 0) is 19.7 Å². The molecule has 0 aromatic heterocycles. The maximum atomic E-state index is 6.22. The smallest absolute Gasteiger partial charge is 0.162 e. The molecule has 0 radical (unpaired) electrons. The van der Waals surface area contributed by atoms with E-state index < -0.39 is 0 Å². The molecule has 0 fully saturated rings. The molecule has 0 saturated heterocycles. The first-order valence-electron chi connectivity index (χ1n) is 8.85. The van der Waals surface area contributed by atoms with Crippen molar-refractivity contribution in [2.45, 2.75) is 19.7 Å². The van der Waals surface area contributed by atoms with Gasteiger partial charge in [-0.1, -0.05) is 75.0 Å². The Hall–Kier alpha value is -1.43. The summed E-state index contributed by atoms with van der Waals surface area (Å²) < 4.78 is 12.4. The molecule has 3 nitrogen and oxygen atoms in total. The lowest BCUT2D eigenvalue weighted by atomic mass is 10.1. The lowest BCUT2D eigenvalue weighted by molar-refractivity contribution is 0.284. The van der Waals surface area contributed by atoms with Crippen molar-refractivity contribution in [1.82, 2.24) is 5.32 Å². The zero-order valence-corrected chi connectivity index (χ0v) is 19.5. The maximum absolute atomic E-state index is 6.22. The minimum absolute atomic E-state index is 0.308. The molecule has 0 aliphatic heterocycles. The van der Waals surface area contributed by atoms with Crippen molar-refractivity contribution in [3.05, 3.63) is 90.8 Å². The zero-order chi connectivity index (χ0) is 20.8. The van der Waals surface area contributed by atoms with Crippen LogP contribution in [0.4, 0.5) is 0 Å². The molecule has 0 spiro atoms. The number of ether oxygens (including phenoxy) is 2. The molecule has 0 bridgehead atoms. The van der Waals surface area contributed by atoms with Gasteiger partial charge in [0.15, 0.2) is 11.5 Å². The molecule has 1 N–H and O–H groups in total. The SMILES string of the molecule is COc1cc(CNCc2ccccc2Cl)c(Br)cc1OCc1ccc(Cl)cc1Cl. The molecular weight excluding hydrogens is 497 g/mol. The molecule has 3 aromatic rings. The monoisotopic (exact) mass is 513 g/mol. The summed E-state index contributed by atoms with van der Waals surface area (Å²) in [6.07, 6.45) is 0. The van der Waals surface area contributed by atoms with Crippen LogP contribution in [0, 0.1) is 0 Å². The van der Waals surface area contributed by atoms with Crippen molar-refractivity contribution in [3.63, 3.8) is 0 Å². The Morgan fingerprint density at radius 1 is 0.828 bits per heavy atom. The highest BCUT2D eigenvalue weighted by Gasteiger charge is 2.12. The Bertz CT molecular complexity index is 998. The van der Waals surface area contributed by atoms with Gasteiger partial charge in [-0.3, -0.25) is 0 Å². The summed E-state index contributed by atoms with van der Waals surface area (Å²) in [4.78, 5) is 0. The molecule has 0 heterocycles. The van der Waals surface area contributed by atoms with Gasteiger partial charge in [-0.25, -0.2) is 0 Å². The molecule has 0 aliphatic carbocycles. The van der Waals surface area contributed by atoms with E-state index in [1.807, 2.05) is 42.5 Å². The molecule has 152 valence electrons. The van der Waals surface area contributed by atoms with Gasteiger partial charge in [0, 0.05) is 38.2 Å². The summed E-state index contributed by atoms with van der Waals surface area (Å²) in [7, 11) is 1.62. The van der Waals surface area contributed by atoms with Gasteiger partial charge in [0.2, 0.25) is 0 Å². The van der Waals surface area contributed by atoms with Crippen molar-refractivity contribution in [1.29, 1.82) is 0 Å². The molecule has 7 heteroatoms. The summed E-state index contributed by atoms with van der Waals surface area (Å²) in [6, 6.07) is 17.0. The maximum Gasteiger partial charge on any atom is 0.162 e. The third-order valence-electron chi connectivity index (χ3n) is 4.32.